The summed E-state index contributed by atoms with van der Waals surface area (Å²) in [5, 5.41) is 0.788. The first kappa shape index (κ1) is 14.3. The van der Waals surface area contributed by atoms with E-state index in [0.29, 0.717) is 10.2 Å². The third kappa shape index (κ3) is 3.27. The summed E-state index contributed by atoms with van der Waals surface area (Å²) in [6.07, 6.45) is 9.96. The van der Waals surface area contributed by atoms with Gasteiger partial charge in [-0.2, -0.15) is 0 Å². The van der Waals surface area contributed by atoms with Crippen LogP contribution in [-0.2, 0) is 6.42 Å². The maximum atomic E-state index is 6.19. The van der Waals surface area contributed by atoms with Crippen LogP contribution in [0.5, 0.6) is 0 Å². The van der Waals surface area contributed by atoms with E-state index in [0.717, 1.165) is 17.4 Å². The molecule has 1 aromatic heterocycles. The van der Waals surface area contributed by atoms with Gasteiger partial charge in [0.15, 0.2) is 0 Å². The van der Waals surface area contributed by atoms with Gasteiger partial charge < -0.3 is 0 Å². The van der Waals surface area contributed by atoms with Crippen molar-refractivity contribution in [3.05, 3.63) is 29.0 Å². The van der Waals surface area contributed by atoms with E-state index in [-0.39, 0.29) is 0 Å². The van der Waals surface area contributed by atoms with Crippen molar-refractivity contribution >= 4 is 27.5 Å². The fraction of sp³-hybridized carbons (Fsp3) is 0.667. The first-order valence-electron chi connectivity index (χ1n) is 6.73. The lowest BCUT2D eigenvalue weighted by Crippen LogP contribution is -2.35. The van der Waals surface area contributed by atoms with Gasteiger partial charge in [-0.05, 0) is 42.2 Å². The molecule has 3 heteroatoms. The van der Waals surface area contributed by atoms with Crippen molar-refractivity contribution in [2.24, 2.45) is 11.3 Å². The zero-order chi connectivity index (χ0) is 13.2. The monoisotopic (exact) mass is 329 g/mol. The molecule has 2 unspecified atom stereocenters. The minimum atomic E-state index is 0.436. The fourth-order valence-electron chi connectivity index (χ4n) is 3.11. The number of halogens is 2. The van der Waals surface area contributed by atoms with Gasteiger partial charge in [-0.25, -0.2) is 0 Å². The van der Waals surface area contributed by atoms with E-state index in [4.69, 9.17) is 11.6 Å². The predicted molar refractivity (Wildman–Crippen MR) is 81.4 cm³/mol. The third-order valence-electron chi connectivity index (χ3n) is 4.30. The van der Waals surface area contributed by atoms with Crippen molar-refractivity contribution in [2.75, 3.05) is 0 Å². The maximum Gasteiger partial charge on any atom is 0.0621 e. The molecule has 2 atom stereocenters. The summed E-state index contributed by atoms with van der Waals surface area (Å²) in [5.41, 5.74) is 1.64. The molecule has 0 saturated heterocycles. The summed E-state index contributed by atoms with van der Waals surface area (Å²) >= 11 is 10.1. The van der Waals surface area contributed by atoms with Gasteiger partial charge in [-0.3, -0.25) is 4.98 Å². The van der Waals surface area contributed by atoms with Crippen molar-refractivity contribution in [2.45, 2.75) is 50.8 Å². The molecule has 0 aliphatic heterocycles. The molecule has 18 heavy (non-hydrogen) atoms. The minimum absolute atomic E-state index is 0.436. The van der Waals surface area contributed by atoms with Crippen LogP contribution in [0.15, 0.2) is 18.5 Å². The second-order valence-electron chi connectivity index (χ2n) is 6.03. The smallest absolute Gasteiger partial charge is 0.0621 e. The van der Waals surface area contributed by atoms with Crippen LogP contribution in [0, 0.1) is 11.3 Å². The standard InChI is InChI=1S/C15H21BrClN/c1-15(2)7-4-3-5-12(15)13(16)9-11-6-8-18-10-14(11)17/h6,8,10,12-13H,3-5,7,9H2,1-2H3. The molecule has 1 nitrogen and oxygen atoms in total. The molecular formula is C15H21BrClN. The molecule has 0 aromatic carbocycles. The summed E-state index contributed by atoms with van der Waals surface area (Å²) in [6.45, 7) is 4.80. The number of hydrogen-bond acceptors (Lipinski definition) is 1. The molecule has 1 aliphatic carbocycles. The Morgan fingerprint density at radius 1 is 1.50 bits per heavy atom. The number of aromatic nitrogens is 1. The molecule has 1 fully saturated rings. The number of rotatable bonds is 3. The highest BCUT2D eigenvalue weighted by atomic mass is 79.9. The van der Waals surface area contributed by atoms with Crippen LogP contribution in [0.4, 0.5) is 0 Å². The Morgan fingerprint density at radius 2 is 2.28 bits per heavy atom. The first-order valence-corrected chi connectivity index (χ1v) is 8.02. The van der Waals surface area contributed by atoms with Crippen molar-refractivity contribution in [1.29, 1.82) is 0 Å². The second-order valence-corrected chi connectivity index (χ2v) is 7.61. The largest absolute Gasteiger partial charge is 0.263 e. The SMILES string of the molecule is CC1(C)CCCCC1C(Br)Cc1ccncc1Cl. The van der Waals surface area contributed by atoms with Gasteiger partial charge in [-0.1, -0.05) is 54.2 Å². The molecule has 0 radical (unpaired) electrons. The van der Waals surface area contributed by atoms with E-state index in [1.165, 1.54) is 31.2 Å². The lowest BCUT2D eigenvalue weighted by Gasteiger charge is -2.41. The van der Waals surface area contributed by atoms with Crippen molar-refractivity contribution in [1.82, 2.24) is 4.98 Å². The molecule has 0 N–H and O–H groups in total. The fourth-order valence-corrected chi connectivity index (χ4v) is 4.64. The average molecular weight is 331 g/mol. The van der Waals surface area contributed by atoms with Crippen LogP contribution in [0.3, 0.4) is 0 Å². The van der Waals surface area contributed by atoms with E-state index in [9.17, 15) is 0 Å². The molecule has 100 valence electrons. The number of alkyl halides is 1. The molecule has 2 rings (SSSR count). The summed E-state index contributed by atoms with van der Waals surface area (Å²) in [6, 6.07) is 2.03. The Labute approximate surface area is 123 Å². The van der Waals surface area contributed by atoms with E-state index in [1.54, 1.807) is 6.20 Å². The van der Waals surface area contributed by atoms with Gasteiger partial charge in [0.2, 0.25) is 0 Å². The topological polar surface area (TPSA) is 12.9 Å². The zero-order valence-corrected chi connectivity index (χ0v) is 13.5. The molecule has 0 spiro atoms. The van der Waals surface area contributed by atoms with Crippen LogP contribution >= 0.6 is 27.5 Å². The molecule has 0 bridgehead atoms. The van der Waals surface area contributed by atoms with Gasteiger partial charge in [0, 0.05) is 17.2 Å². The molecule has 1 aromatic rings. The molecule has 1 heterocycles. The van der Waals surface area contributed by atoms with Gasteiger partial charge in [-0.15, -0.1) is 0 Å². The van der Waals surface area contributed by atoms with Gasteiger partial charge in [0.1, 0.15) is 0 Å². The highest BCUT2D eigenvalue weighted by Gasteiger charge is 2.36. The molecule has 1 saturated carbocycles. The van der Waals surface area contributed by atoms with Crippen molar-refractivity contribution in [3.8, 4) is 0 Å². The minimum Gasteiger partial charge on any atom is -0.263 e. The van der Waals surface area contributed by atoms with Gasteiger partial charge >= 0.3 is 0 Å². The predicted octanol–water partition coefficient (Wildman–Crippen LogP) is 5.26. The van der Waals surface area contributed by atoms with E-state index < -0.39 is 0 Å². The van der Waals surface area contributed by atoms with Crippen LogP contribution in [0.25, 0.3) is 0 Å². The molecular weight excluding hydrogens is 310 g/mol. The second kappa shape index (κ2) is 5.92. The Hall–Kier alpha value is -0.0800. The van der Waals surface area contributed by atoms with Gasteiger partial charge in [0.25, 0.3) is 0 Å². The normalized spacial score (nSPS) is 24.8. The van der Waals surface area contributed by atoms with Crippen LogP contribution in [0.2, 0.25) is 5.02 Å². The Morgan fingerprint density at radius 3 is 2.94 bits per heavy atom. The summed E-state index contributed by atoms with van der Waals surface area (Å²) in [5.74, 6) is 0.732. The Balaban J connectivity index is 2.07. The Bertz CT molecular complexity index is 405. The van der Waals surface area contributed by atoms with Crippen molar-refractivity contribution in [3.63, 3.8) is 0 Å². The quantitative estimate of drug-likeness (QED) is 0.689. The summed E-state index contributed by atoms with van der Waals surface area (Å²) in [7, 11) is 0. The van der Waals surface area contributed by atoms with Crippen molar-refractivity contribution < 1.29 is 0 Å². The van der Waals surface area contributed by atoms with Crippen LogP contribution < -0.4 is 0 Å². The lowest BCUT2D eigenvalue weighted by atomic mass is 9.67. The third-order valence-corrected chi connectivity index (χ3v) is 5.60. The first-order chi connectivity index (χ1) is 8.50. The number of pyridine rings is 1. The Kier molecular flexibility index (Phi) is 4.71. The highest BCUT2D eigenvalue weighted by molar-refractivity contribution is 9.09. The van der Waals surface area contributed by atoms with E-state index in [2.05, 4.69) is 34.8 Å². The van der Waals surface area contributed by atoms with Crippen LogP contribution in [0.1, 0.15) is 45.1 Å². The summed E-state index contributed by atoms with van der Waals surface area (Å²) < 4.78 is 0. The highest BCUT2D eigenvalue weighted by Crippen LogP contribution is 2.45. The molecule has 1 aliphatic rings. The zero-order valence-electron chi connectivity index (χ0n) is 11.1. The average Bonchev–Trinajstić information content (AvgIpc) is 2.31. The van der Waals surface area contributed by atoms with Gasteiger partial charge in [0.05, 0.1) is 5.02 Å². The maximum absolute atomic E-state index is 6.19. The van der Waals surface area contributed by atoms with E-state index in [1.807, 2.05) is 12.3 Å². The number of hydrogen-bond donors (Lipinski definition) is 0. The van der Waals surface area contributed by atoms with Crippen LogP contribution in [-0.4, -0.2) is 9.81 Å². The van der Waals surface area contributed by atoms with E-state index >= 15 is 0 Å². The lowest BCUT2D eigenvalue weighted by molar-refractivity contribution is 0.136. The summed E-state index contributed by atoms with van der Waals surface area (Å²) in [4.78, 5) is 4.55. The number of nitrogens with zero attached hydrogens (tertiary/aromatic N) is 1. The molecule has 0 amide bonds.